The van der Waals surface area contributed by atoms with Gasteiger partial charge in [-0.15, -0.1) is 0 Å². The van der Waals surface area contributed by atoms with Gasteiger partial charge in [-0.2, -0.15) is 4.89 Å². The molecule has 0 bridgehead atoms. The molecular weight excluding hydrogens is 362 g/mol. The van der Waals surface area contributed by atoms with Crippen molar-refractivity contribution < 1.29 is 28.3 Å². The number of rotatable bonds is 12. The normalized spacial score (nSPS) is 15.1. The molecule has 0 aromatic carbocycles. The van der Waals surface area contributed by atoms with E-state index in [9.17, 15) is 9.13 Å². The lowest BCUT2D eigenvalue weighted by molar-refractivity contribution is 0.166. The van der Waals surface area contributed by atoms with Gasteiger partial charge in [0.1, 0.15) is 0 Å². The minimum atomic E-state index is -4.76. The summed E-state index contributed by atoms with van der Waals surface area (Å²) in [4.78, 5) is 26.5. The van der Waals surface area contributed by atoms with Crippen molar-refractivity contribution in [3.8, 4) is 0 Å². The standard InChI is InChI=1S/C17H30O6P2/c1-14(2)8-5-9-15(3)10-6-11-16(4)12-7-13-17(24(18)19)23-25(20,21)22/h8,10,12,17H,5-7,9,11,13H2,1-4H3,(H2-,18,19,20,21,22)/p+1. The van der Waals surface area contributed by atoms with Crippen molar-refractivity contribution in [3.05, 3.63) is 34.9 Å². The summed E-state index contributed by atoms with van der Waals surface area (Å²) in [5.74, 6) is -1.35. The number of phosphoric ester groups is 1. The second-order valence-electron chi connectivity index (χ2n) is 6.39. The van der Waals surface area contributed by atoms with E-state index in [0.29, 0.717) is 6.42 Å². The Kier molecular flexibility index (Phi) is 12.4. The molecule has 0 saturated heterocycles. The summed E-state index contributed by atoms with van der Waals surface area (Å²) in [6.07, 6.45) is 10.8. The van der Waals surface area contributed by atoms with Crippen molar-refractivity contribution in [2.45, 2.75) is 72.1 Å². The topological polar surface area (TPSA) is 104 Å². The summed E-state index contributed by atoms with van der Waals surface area (Å²) in [6.45, 7) is 8.29. The smallest absolute Gasteiger partial charge is 0.303 e. The molecule has 3 N–H and O–H groups in total. The number of phosphoric acid groups is 1. The third kappa shape index (κ3) is 15.4. The van der Waals surface area contributed by atoms with Gasteiger partial charge in [-0.05, 0) is 64.4 Å². The van der Waals surface area contributed by atoms with Crippen LogP contribution in [0.25, 0.3) is 0 Å². The lowest BCUT2D eigenvalue weighted by atomic mass is 10.1. The fourth-order valence-electron chi connectivity index (χ4n) is 2.17. The van der Waals surface area contributed by atoms with Gasteiger partial charge in [0.25, 0.3) is 5.85 Å². The lowest BCUT2D eigenvalue weighted by Gasteiger charge is -2.07. The molecule has 0 spiro atoms. The average molecular weight is 393 g/mol. The molecule has 6 nitrogen and oxygen atoms in total. The Hall–Kier alpha value is -0.610. The van der Waals surface area contributed by atoms with Gasteiger partial charge in [0.05, 0.1) is 0 Å². The van der Waals surface area contributed by atoms with E-state index in [2.05, 4.69) is 37.4 Å². The maximum Gasteiger partial charge on any atom is 0.538 e. The van der Waals surface area contributed by atoms with Crippen molar-refractivity contribution in [3.63, 3.8) is 0 Å². The third-order valence-electron chi connectivity index (χ3n) is 3.53. The molecule has 0 aliphatic heterocycles. The Morgan fingerprint density at radius 1 is 1.00 bits per heavy atom. The summed E-state index contributed by atoms with van der Waals surface area (Å²) < 4.78 is 26.2. The molecule has 2 unspecified atom stereocenters. The molecule has 0 saturated carbocycles. The molecule has 0 aromatic heterocycles. The molecule has 0 aromatic rings. The molecule has 144 valence electrons. The fourth-order valence-corrected chi connectivity index (χ4v) is 3.66. The van der Waals surface area contributed by atoms with Gasteiger partial charge in [-0.1, -0.05) is 34.9 Å². The first-order valence-electron chi connectivity index (χ1n) is 8.35. The van der Waals surface area contributed by atoms with Crippen molar-refractivity contribution in [1.29, 1.82) is 0 Å². The zero-order valence-electron chi connectivity index (χ0n) is 15.5. The summed E-state index contributed by atoms with van der Waals surface area (Å²) in [6, 6.07) is 0. The predicted octanol–water partition coefficient (Wildman–Crippen LogP) is 5.36. The third-order valence-corrected chi connectivity index (χ3v) is 5.09. The van der Waals surface area contributed by atoms with Crippen LogP contribution < -0.4 is 0 Å². The molecule has 2 atom stereocenters. The van der Waals surface area contributed by atoms with Crippen LogP contribution in [0.4, 0.5) is 0 Å². The molecule has 0 amide bonds. The molecule has 8 heteroatoms. The van der Waals surface area contributed by atoms with Gasteiger partial charge in [0.2, 0.25) is 0 Å². The molecule has 0 rings (SSSR count). The van der Waals surface area contributed by atoms with Crippen molar-refractivity contribution >= 4 is 15.9 Å². The highest BCUT2D eigenvalue weighted by molar-refractivity contribution is 7.47. The van der Waals surface area contributed by atoms with Crippen molar-refractivity contribution in [2.75, 3.05) is 0 Å². The first-order valence-corrected chi connectivity index (χ1v) is 11.2. The Labute approximate surface area is 151 Å². The summed E-state index contributed by atoms with van der Waals surface area (Å²) >= 11 is 0. The monoisotopic (exact) mass is 393 g/mol. The fraction of sp³-hybridized carbons (Fsp3) is 0.647. The molecule has 0 aliphatic carbocycles. The highest BCUT2D eigenvalue weighted by Crippen LogP contribution is 2.44. The van der Waals surface area contributed by atoms with Crippen LogP contribution >= 0.6 is 15.9 Å². The second-order valence-corrected chi connectivity index (χ2v) is 8.76. The predicted molar refractivity (Wildman–Crippen MR) is 101 cm³/mol. The van der Waals surface area contributed by atoms with Crippen LogP contribution in [0.15, 0.2) is 34.9 Å². The van der Waals surface area contributed by atoms with E-state index in [1.54, 1.807) is 0 Å². The molecular formula is C17H31O6P2+. The highest BCUT2D eigenvalue weighted by atomic mass is 31.2. The second kappa shape index (κ2) is 12.7. The average Bonchev–Trinajstić information content (AvgIpc) is 2.44. The first kappa shape index (κ1) is 24.4. The zero-order chi connectivity index (χ0) is 19.5. The van der Waals surface area contributed by atoms with Crippen LogP contribution in [0.5, 0.6) is 0 Å². The van der Waals surface area contributed by atoms with Crippen molar-refractivity contribution in [2.24, 2.45) is 0 Å². The van der Waals surface area contributed by atoms with E-state index < -0.39 is 21.7 Å². The van der Waals surface area contributed by atoms with E-state index in [-0.39, 0.29) is 6.42 Å². The van der Waals surface area contributed by atoms with Gasteiger partial charge < -0.3 is 9.79 Å². The largest absolute Gasteiger partial charge is 0.538 e. The van der Waals surface area contributed by atoms with Gasteiger partial charge >= 0.3 is 15.9 Å². The highest BCUT2D eigenvalue weighted by Gasteiger charge is 2.36. The van der Waals surface area contributed by atoms with Crippen LogP contribution in [-0.2, 0) is 13.7 Å². The van der Waals surface area contributed by atoms with Crippen LogP contribution in [-0.4, -0.2) is 20.5 Å². The van der Waals surface area contributed by atoms with Gasteiger partial charge in [-0.25, -0.2) is 9.09 Å². The van der Waals surface area contributed by atoms with E-state index in [1.165, 1.54) is 11.1 Å². The van der Waals surface area contributed by atoms with Crippen LogP contribution in [0.1, 0.15) is 66.2 Å². The first-order chi connectivity index (χ1) is 11.5. The SMILES string of the molecule is CC(C)=CCCC(C)=CCCC(C)=CCCC(OP(=O)(O)O)[P+](=O)O. The number of hydrogen-bond donors (Lipinski definition) is 3. The van der Waals surface area contributed by atoms with E-state index in [1.807, 2.05) is 13.0 Å². The summed E-state index contributed by atoms with van der Waals surface area (Å²) in [5.41, 5.74) is 3.83. The Morgan fingerprint density at radius 2 is 1.48 bits per heavy atom. The molecule has 0 aliphatic rings. The molecule has 0 heterocycles. The van der Waals surface area contributed by atoms with Crippen molar-refractivity contribution in [1.82, 2.24) is 0 Å². The van der Waals surface area contributed by atoms with Gasteiger partial charge in [0, 0.05) is 6.42 Å². The minimum Gasteiger partial charge on any atom is -0.303 e. The van der Waals surface area contributed by atoms with Crippen LogP contribution in [0.3, 0.4) is 0 Å². The van der Waals surface area contributed by atoms with Gasteiger partial charge in [-0.3, -0.25) is 0 Å². The maximum atomic E-state index is 11.1. The number of hydrogen-bond acceptors (Lipinski definition) is 3. The quantitative estimate of drug-likeness (QED) is 0.305. The van der Waals surface area contributed by atoms with E-state index in [0.717, 1.165) is 31.3 Å². The summed E-state index contributed by atoms with van der Waals surface area (Å²) in [7, 11) is -7.56. The Balaban J connectivity index is 4.25. The van der Waals surface area contributed by atoms with E-state index >= 15 is 0 Å². The lowest BCUT2D eigenvalue weighted by Crippen LogP contribution is -2.06. The zero-order valence-corrected chi connectivity index (χ0v) is 17.3. The molecule has 25 heavy (non-hydrogen) atoms. The van der Waals surface area contributed by atoms with Crippen LogP contribution in [0.2, 0.25) is 0 Å². The van der Waals surface area contributed by atoms with Crippen LogP contribution in [0, 0.1) is 0 Å². The summed E-state index contributed by atoms with van der Waals surface area (Å²) in [5, 5.41) is 0. The minimum absolute atomic E-state index is 0.0890. The molecule has 0 fully saturated rings. The van der Waals surface area contributed by atoms with Gasteiger partial charge in [0.15, 0.2) is 0 Å². The Morgan fingerprint density at radius 3 is 1.92 bits per heavy atom. The maximum absolute atomic E-state index is 11.1. The number of allylic oxidation sites excluding steroid dienone is 6. The Bertz CT molecular complexity index is 555. The molecule has 0 radical (unpaired) electrons. The van der Waals surface area contributed by atoms with E-state index in [4.69, 9.17) is 14.7 Å².